The Kier molecular flexibility index (Phi) is 2.58. The van der Waals surface area contributed by atoms with Crippen LogP contribution in [0.2, 0.25) is 0 Å². The molecular weight excluding hydrogens is 228 g/mol. The Morgan fingerprint density at radius 1 is 1.33 bits per heavy atom. The summed E-state index contributed by atoms with van der Waals surface area (Å²) in [4.78, 5) is 12.4. The lowest BCUT2D eigenvalue weighted by atomic mass is 9.48. The van der Waals surface area contributed by atoms with Crippen molar-refractivity contribution in [1.29, 1.82) is 0 Å². The van der Waals surface area contributed by atoms with Crippen LogP contribution in [0.4, 0.5) is 0 Å². The van der Waals surface area contributed by atoms with Crippen LogP contribution in [-0.4, -0.2) is 24.8 Å². The number of rotatable bonds is 4. The van der Waals surface area contributed by atoms with Crippen molar-refractivity contribution >= 4 is 5.97 Å². The van der Waals surface area contributed by atoms with Gasteiger partial charge >= 0.3 is 5.97 Å². The Morgan fingerprint density at radius 3 is 2.56 bits per heavy atom. The summed E-state index contributed by atoms with van der Waals surface area (Å²) in [6.45, 7) is 6.51. The molecule has 1 heterocycles. The van der Waals surface area contributed by atoms with Crippen molar-refractivity contribution in [2.24, 2.45) is 23.2 Å². The molecule has 3 rings (SSSR count). The summed E-state index contributed by atoms with van der Waals surface area (Å²) >= 11 is 0. The van der Waals surface area contributed by atoms with Gasteiger partial charge in [-0.15, -0.1) is 0 Å². The van der Waals surface area contributed by atoms with Crippen LogP contribution in [0.15, 0.2) is 0 Å². The van der Waals surface area contributed by atoms with E-state index in [1.807, 2.05) is 0 Å². The minimum Gasteiger partial charge on any atom is -0.458 e. The van der Waals surface area contributed by atoms with E-state index >= 15 is 0 Å². The van der Waals surface area contributed by atoms with E-state index in [-0.39, 0.29) is 23.1 Å². The molecule has 102 valence electrons. The molecule has 6 atom stereocenters. The largest absolute Gasteiger partial charge is 0.458 e. The van der Waals surface area contributed by atoms with Crippen LogP contribution >= 0.6 is 0 Å². The fourth-order valence-electron chi connectivity index (χ4n) is 5.38. The van der Waals surface area contributed by atoms with E-state index in [0.29, 0.717) is 17.8 Å². The number of esters is 1. The minimum atomic E-state index is -0.334. The van der Waals surface area contributed by atoms with E-state index in [4.69, 9.17) is 9.47 Å². The van der Waals surface area contributed by atoms with Gasteiger partial charge in [0.05, 0.1) is 6.10 Å². The number of carbonyl (C=O) groups excluding carboxylic acids is 1. The van der Waals surface area contributed by atoms with Crippen LogP contribution < -0.4 is 0 Å². The molecule has 0 aromatic carbocycles. The van der Waals surface area contributed by atoms with Crippen molar-refractivity contribution in [3.05, 3.63) is 0 Å². The monoisotopic (exact) mass is 252 g/mol. The van der Waals surface area contributed by atoms with Crippen molar-refractivity contribution in [2.45, 2.75) is 58.2 Å². The Morgan fingerprint density at radius 2 is 2.06 bits per heavy atom. The quantitative estimate of drug-likeness (QED) is 0.722. The summed E-state index contributed by atoms with van der Waals surface area (Å²) in [7, 11) is 1.75. The third-order valence-corrected chi connectivity index (χ3v) is 6.15. The van der Waals surface area contributed by atoms with Crippen LogP contribution in [-0.2, 0) is 14.3 Å². The first-order valence-electron chi connectivity index (χ1n) is 7.37. The number of methoxy groups -OCH3 is 1. The second kappa shape index (κ2) is 3.72. The minimum absolute atomic E-state index is 0.00880. The smallest absolute Gasteiger partial charge is 0.315 e. The summed E-state index contributed by atoms with van der Waals surface area (Å²) in [5.74, 6) is 1.61. The predicted molar refractivity (Wildman–Crippen MR) is 68.0 cm³/mol. The highest BCUT2D eigenvalue weighted by atomic mass is 16.6. The van der Waals surface area contributed by atoms with Gasteiger partial charge in [0.25, 0.3) is 0 Å². The molecule has 0 radical (unpaired) electrons. The Hall–Kier alpha value is -0.570. The lowest BCUT2D eigenvalue weighted by Crippen LogP contribution is -2.64. The number of hydrogen-bond donors (Lipinski definition) is 0. The van der Waals surface area contributed by atoms with Gasteiger partial charge in [0.1, 0.15) is 11.0 Å². The normalized spacial score (nSPS) is 53.0. The third kappa shape index (κ3) is 1.05. The maximum atomic E-state index is 12.4. The van der Waals surface area contributed by atoms with Crippen molar-refractivity contribution in [3.63, 3.8) is 0 Å². The van der Waals surface area contributed by atoms with Gasteiger partial charge < -0.3 is 9.47 Å². The summed E-state index contributed by atoms with van der Waals surface area (Å²) in [5.41, 5.74) is -0.507. The Balaban J connectivity index is 2.06. The molecule has 0 amide bonds. The molecule has 3 heteroatoms. The molecule has 3 fully saturated rings. The first kappa shape index (κ1) is 12.5. The molecule has 0 aromatic heterocycles. The maximum Gasteiger partial charge on any atom is 0.315 e. The van der Waals surface area contributed by atoms with E-state index in [1.165, 1.54) is 6.42 Å². The van der Waals surface area contributed by atoms with E-state index in [0.717, 1.165) is 19.3 Å². The summed E-state index contributed by atoms with van der Waals surface area (Å²) in [5, 5.41) is 0. The predicted octanol–water partition coefficient (Wildman–Crippen LogP) is 2.78. The molecule has 0 aromatic rings. The van der Waals surface area contributed by atoms with Gasteiger partial charge in [0.15, 0.2) is 0 Å². The van der Waals surface area contributed by atoms with Gasteiger partial charge in [0, 0.05) is 13.0 Å². The van der Waals surface area contributed by atoms with Crippen molar-refractivity contribution in [2.75, 3.05) is 7.11 Å². The van der Waals surface area contributed by atoms with Crippen LogP contribution in [0.1, 0.15) is 46.5 Å². The Labute approximate surface area is 109 Å². The van der Waals surface area contributed by atoms with Gasteiger partial charge in [0.2, 0.25) is 0 Å². The highest BCUT2D eigenvalue weighted by molar-refractivity contribution is 5.84. The zero-order valence-electron chi connectivity index (χ0n) is 11.9. The molecule has 2 aliphatic carbocycles. The molecule has 4 unspecified atom stereocenters. The van der Waals surface area contributed by atoms with Crippen molar-refractivity contribution < 1.29 is 14.3 Å². The highest BCUT2D eigenvalue weighted by Crippen LogP contribution is 2.73. The summed E-state index contributed by atoms with van der Waals surface area (Å²) < 4.78 is 11.6. The first-order chi connectivity index (χ1) is 8.61. The molecule has 3 aliphatic rings. The Bertz CT molecular complexity index is 380. The fourth-order valence-corrected chi connectivity index (χ4v) is 5.38. The van der Waals surface area contributed by atoms with E-state index < -0.39 is 0 Å². The average Bonchev–Trinajstić information content (AvgIpc) is 2.73. The molecule has 0 spiro atoms. The average molecular weight is 252 g/mol. The third-order valence-electron chi connectivity index (χ3n) is 6.15. The van der Waals surface area contributed by atoms with Gasteiger partial charge in [-0.2, -0.15) is 0 Å². The number of ether oxygens (including phenoxy) is 2. The van der Waals surface area contributed by atoms with Crippen LogP contribution in [0, 0.1) is 23.2 Å². The van der Waals surface area contributed by atoms with Gasteiger partial charge in [-0.3, -0.25) is 4.79 Å². The van der Waals surface area contributed by atoms with Crippen LogP contribution in [0.25, 0.3) is 0 Å². The van der Waals surface area contributed by atoms with Crippen LogP contribution in [0.5, 0.6) is 0 Å². The molecule has 2 saturated carbocycles. The molecule has 3 nitrogen and oxygen atoms in total. The molecule has 18 heavy (non-hydrogen) atoms. The van der Waals surface area contributed by atoms with Crippen LogP contribution in [0.3, 0.4) is 0 Å². The zero-order valence-corrected chi connectivity index (χ0v) is 11.9. The number of hydrogen-bond acceptors (Lipinski definition) is 3. The standard InChI is InChI=1S/C15H24O3/c1-5-9-8-14(6-2)11-10(9)12(17-4)15(11,7-3)13(16)18-14/h9-12H,5-8H2,1-4H3/t9?,10?,11?,12?,14-,15-/m1/s1. The maximum absolute atomic E-state index is 12.4. The molecule has 0 N–H and O–H groups in total. The highest BCUT2D eigenvalue weighted by Gasteiger charge is 2.81. The van der Waals surface area contributed by atoms with E-state index in [9.17, 15) is 4.79 Å². The van der Waals surface area contributed by atoms with E-state index in [1.54, 1.807) is 7.11 Å². The van der Waals surface area contributed by atoms with Gasteiger partial charge in [-0.1, -0.05) is 27.2 Å². The molecule has 1 saturated heterocycles. The SMILES string of the molecule is CCC1C[C@@]2(CC)OC(=O)[C@@]3(CC)C(OC)C1C23. The van der Waals surface area contributed by atoms with Crippen molar-refractivity contribution in [3.8, 4) is 0 Å². The lowest BCUT2D eigenvalue weighted by Gasteiger charge is -2.55. The number of carbonyl (C=O) groups is 1. The fraction of sp³-hybridized carbons (Fsp3) is 0.933. The van der Waals surface area contributed by atoms with Gasteiger partial charge in [-0.05, 0) is 31.1 Å². The first-order valence-corrected chi connectivity index (χ1v) is 7.37. The topological polar surface area (TPSA) is 35.5 Å². The molecular formula is C15H24O3. The van der Waals surface area contributed by atoms with Gasteiger partial charge in [-0.25, -0.2) is 0 Å². The van der Waals surface area contributed by atoms with Crippen molar-refractivity contribution in [1.82, 2.24) is 0 Å². The second-order valence-electron chi connectivity index (χ2n) is 6.29. The second-order valence-corrected chi connectivity index (χ2v) is 6.29. The molecule has 0 bridgehead atoms. The lowest BCUT2D eigenvalue weighted by molar-refractivity contribution is -0.194. The van der Waals surface area contributed by atoms with E-state index in [2.05, 4.69) is 20.8 Å². The zero-order chi connectivity index (χ0) is 13.1. The summed E-state index contributed by atoms with van der Waals surface area (Å²) in [6.07, 6.45) is 4.10. The molecule has 1 aliphatic heterocycles. The summed E-state index contributed by atoms with van der Waals surface area (Å²) in [6, 6.07) is 0.